The van der Waals surface area contributed by atoms with Crippen molar-refractivity contribution in [3.63, 3.8) is 0 Å². The molecule has 7 heteroatoms. The molecule has 0 aliphatic heterocycles. The largest absolute Gasteiger partial charge is 0.494 e. The van der Waals surface area contributed by atoms with Crippen LogP contribution in [-0.4, -0.2) is 50.1 Å². The predicted molar refractivity (Wildman–Crippen MR) is 159 cm³/mol. The number of rotatable bonds is 16. The van der Waals surface area contributed by atoms with E-state index in [0.717, 1.165) is 73.8 Å². The van der Waals surface area contributed by atoms with Gasteiger partial charge in [-0.05, 0) is 107 Å². The van der Waals surface area contributed by atoms with Gasteiger partial charge in [0.05, 0.1) is 6.61 Å². The molecule has 0 aliphatic carbocycles. The summed E-state index contributed by atoms with van der Waals surface area (Å²) in [6.45, 7) is 9.63. The molecule has 0 heterocycles. The quantitative estimate of drug-likeness (QED) is 0.144. The minimum atomic E-state index is -0.249. The minimum absolute atomic E-state index is 0.161. The first-order chi connectivity index (χ1) is 17.9. The molecule has 37 heavy (non-hydrogen) atoms. The zero-order valence-corrected chi connectivity index (χ0v) is 24.7. The van der Waals surface area contributed by atoms with Gasteiger partial charge in [0.15, 0.2) is 5.96 Å². The SMILES string of the molecule is CCCCc1ccc(Br)cc1CCc1c(OCC)cccc1C(=O)NC(N)=NCCCCN(C)CCC. The van der Waals surface area contributed by atoms with Crippen molar-refractivity contribution in [2.75, 3.05) is 33.3 Å². The number of carbonyl (C=O) groups is 1. The molecule has 0 unspecified atom stereocenters. The number of hydrogen-bond donors (Lipinski definition) is 2. The number of ether oxygens (including phenoxy) is 1. The van der Waals surface area contributed by atoms with E-state index < -0.39 is 0 Å². The van der Waals surface area contributed by atoms with Crippen LogP contribution in [0.2, 0.25) is 0 Å². The topological polar surface area (TPSA) is 79.9 Å². The lowest BCUT2D eigenvalue weighted by atomic mass is 9.94. The van der Waals surface area contributed by atoms with Crippen molar-refractivity contribution >= 4 is 27.8 Å². The second kappa shape index (κ2) is 17.2. The zero-order chi connectivity index (χ0) is 27.0. The Labute approximate surface area is 232 Å². The maximum absolute atomic E-state index is 13.2. The second-order valence-corrected chi connectivity index (χ2v) is 10.4. The van der Waals surface area contributed by atoms with E-state index in [1.807, 2.05) is 25.1 Å². The molecule has 0 saturated heterocycles. The van der Waals surface area contributed by atoms with Gasteiger partial charge in [-0.25, -0.2) is 0 Å². The first kappa shape index (κ1) is 30.8. The van der Waals surface area contributed by atoms with Crippen LogP contribution in [0.25, 0.3) is 0 Å². The number of aliphatic imine (C=N–C) groups is 1. The van der Waals surface area contributed by atoms with E-state index in [-0.39, 0.29) is 11.9 Å². The molecule has 0 fully saturated rings. The van der Waals surface area contributed by atoms with Crippen molar-refractivity contribution < 1.29 is 9.53 Å². The Balaban J connectivity index is 2.11. The first-order valence-electron chi connectivity index (χ1n) is 13.7. The molecular formula is C30H45BrN4O2. The number of hydrogen-bond acceptors (Lipinski definition) is 4. The number of nitrogens with zero attached hydrogens (tertiary/aromatic N) is 2. The highest BCUT2D eigenvalue weighted by Gasteiger charge is 2.17. The molecule has 204 valence electrons. The van der Waals surface area contributed by atoms with Crippen LogP contribution in [0.1, 0.15) is 79.9 Å². The smallest absolute Gasteiger partial charge is 0.258 e. The summed E-state index contributed by atoms with van der Waals surface area (Å²) < 4.78 is 6.98. The molecule has 0 aromatic heterocycles. The number of halogens is 1. The standard InChI is InChI=1S/C30H45BrN4O2/c1-5-8-12-23-15-17-25(31)22-24(23)16-18-26-27(13-11-14-28(26)37-7-3)29(36)34-30(32)33-19-9-10-21-35(4)20-6-2/h11,13-15,17,22H,5-10,12,16,18-21H2,1-4H3,(H3,32,33,34,36). The molecule has 0 radical (unpaired) electrons. The summed E-state index contributed by atoms with van der Waals surface area (Å²) in [6.07, 6.45) is 8.03. The lowest BCUT2D eigenvalue weighted by molar-refractivity contribution is 0.0975. The third kappa shape index (κ3) is 10.9. The molecule has 0 bridgehead atoms. The zero-order valence-electron chi connectivity index (χ0n) is 23.1. The molecule has 2 aromatic carbocycles. The fourth-order valence-corrected chi connectivity index (χ4v) is 4.84. The summed E-state index contributed by atoms with van der Waals surface area (Å²) >= 11 is 3.62. The molecule has 0 saturated carbocycles. The van der Waals surface area contributed by atoms with Gasteiger partial charge in [-0.15, -0.1) is 0 Å². The van der Waals surface area contributed by atoms with Gasteiger partial charge in [0.2, 0.25) is 0 Å². The van der Waals surface area contributed by atoms with Crippen LogP contribution >= 0.6 is 15.9 Å². The number of unbranched alkanes of at least 4 members (excludes halogenated alkanes) is 2. The molecular weight excluding hydrogens is 528 g/mol. The van der Waals surface area contributed by atoms with Gasteiger partial charge in [-0.1, -0.05) is 48.3 Å². The first-order valence-corrected chi connectivity index (χ1v) is 14.5. The van der Waals surface area contributed by atoms with E-state index in [4.69, 9.17) is 10.5 Å². The molecule has 1 amide bonds. The van der Waals surface area contributed by atoms with Crippen LogP contribution < -0.4 is 15.8 Å². The Morgan fingerprint density at radius 1 is 1.00 bits per heavy atom. The van der Waals surface area contributed by atoms with Gasteiger partial charge in [-0.2, -0.15) is 0 Å². The molecule has 2 aromatic rings. The van der Waals surface area contributed by atoms with Gasteiger partial charge < -0.3 is 15.4 Å². The Morgan fingerprint density at radius 3 is 2.54 bits per heavy atom. The van der Waals surface area contributed by atoms with Crippen LogP contribution in [-0.2, 0) is 19.3 Å². The van der Waals surface area contributed by atoms with Crippen molar-refractivity contribution in [1.29, 1.82) is 0 Å². The Hall–Kier alpha value is -2.38. The Kier molecular flexibility index (Phi) is 14.3. The van der Waals surface area contributed by atoms with E-state index in [9.17, 15) is 4.79 Å². The van der Waals surface area contributed by atoms with E-state index in [1.165, 1.54) is 11.1 Å². The van der Waals surface area contributed by atoms with Gasteiger partial charge in [-0.3, -0.25) is 15.1 Å². The van der Waals surface area contributed by atoms with Gasteiger partial charge >= 0.3 is 0 Å². The number of carbonyl (C=O) groups excluding carboxylic acids is 1. The normalized spacial score (nSPS) is 11.7. The van der Waals surface area contributed by atoms with Crippen molar-refractivity contribution in [3.8, 4) is 5.75 Å². The fraction of sp³-hybridized carbons (Fsp3) is 0.533. The number of benzene rings is 2. The molecule has 3 N–H and O–H groups in total. The highest BCUT2D eigenvalue weighted by molar-refractivity contribution is 9.10. The van der Waals surface area contributed by atoms with Crippen LogP contribution in [0.15, 0.2) is 45.9 Å². The summed E-state index contributed by atoms with van der Waals surface area (Å²) in [5.74, 6) is 0.654. The van der Waals surface area contributed by atoms with Gasteiger partial charge in [0.1, 0.15) is 5.75 Å². The number of guanidine groups is 1. The van der Waals surface area contributed by atoms with E-state index in [1.54, 1.807) is 0 Å². The second-order valence-electron chi connectivity index (χ2n) is 9.46. The summed E-state index contributed by atoms with van der Waals surface area (Å²) in [5.41, 5.74) is 10.2. The van der Waals surface area contributed by atoms with Crippen molar-refractivity contribution in [1.82, 2.24) is 10.2 Å². The molecule has 0 aliphatic rings. The molecule has 6 nitrogen and oxygen atoms in total. The fourth-order valence-electron chi connectivity index (χ4n) is 4.43. The van der Waals surface area contributed by atoms with E-state index in [0.29, 0.717) is 25.1 Å². The maximum atomic E-state index is 13.2. The summed E-state index contributed by atoms with van der Waals surface area (Å²) in [7, 11) is 2.14. The van der Waals surface area contributed by atoms with Crippen molar-refractivity contribution in [3.05, 3.63) is 63.1 Å². The van der Waals surface area contributed by atoms with Crippen LogP contribution in [0.3, 0.4) is 0 Å². The minimum Gasteiger partial charge on any atom is -0.494 e. The Morgan fingerprint density at radius 2 is 1.81 bits per heavy atom. The average molecular weight is 574 g/mol. The third-order valence-corrected chi connectivity index (χ3v) is 6.86. The monoisotopic (exact) mass is 572 g/mol. The molecule has 0 spiro atoms. The summed E-state index contributed by atoms with van der Waals surface area (Å²) in [4.78, 5) is 19.9. The predicted octanol–water partition coefficient (Wildman–Crippen LogP) is 6.14. The number of aryl methyl sites for hydroxylation is 2. The highest BCUT2D eigenvalue weighted by atomic mass is 79.9. The van der Waals surface area contributed by atoms with Crippen LogP contribution in [0.4, 0.5) is 0 Å². The van der Waals surface area contributed by atoms with Crippen LogP contribution in [0.5, 0.6) is 5.75 Å². The van der Waals surface area contributed by atoms with E-state index >= 15 is 0 Å². The average Bonchev–Trinajstić information content (AvgIpc) is 2.87. The Bertz CT molecular complexity index is 1010. The lowest BCUT2D eigenvalue weighted by Gasteiger charge is -2.16. The van der Waals surface area contributed by atoms with Crippen molar-refractivity contribution in [2.45, 2.75) is 72.1 Å². The summed E-state index contributed by atoms with van der Waals surface area (Å²) in [6, 6.07) is 12.1. The number of nitrogens with two attached hydrogens (primary N) is 1. The highest BCUT2D eigenvalue weighted by Crippen LogP contribution is 2.27. The molecule has 0 atom stereocenters. The summed E-state index contributed by atoms with van der Waals surface area (Å²) in [5, 5.41) is 2.79. The third-order valence-electron chi connectivity index (χ3n) is 6.37. The molecule has 2 rings (SSSR count). The van der Waals surface area contributed by atoms with Gasteiger partial charge in [0.25, 0.3) is 5.91 Å². The maximum Gasteiger partial charge on any atom is 0.258 e. The number of nitrogens with one attached hydrogen (secondary N) is 1. The lowest BCUT2D eigenvalue weighted by Crippen LogP contribution is -2.37. The van der Waals surface area contributed by atoms with Crippen molar-refractivity contribution in [2.24, 2.45) is 10.7 Å². The van der Waals surface area contributed by atoms with E-state index in [2.05, 4.69) is 70.2 Å². The van der Waals surface area contributed by atoms with Gasteiger partial charge in [0, 0.05) is 22.1 Å². The number of amides is 1. The van der Waals surface area contributed by atoms with Crippen LogP contribution in [0, 0.1) is 0 Å².